The third-order valence-electron chi connectivity index (χ3n) is 4.20. The molecule has 0 aliphatic carbocycles. The lowest BCUT2D eigenvalue weighted by molar-refractivity contribution is -0.120. The lowest BCUT2D eigenvalue weighted by Crippen LogP contribution is -2.34. The summed E-state index contributed by atoms with van der Waals surface area (Å²) in [6.07, 6.45) is 0. The van der Waals surface area contributed by atoms with Gasteiger partial charge in [0.1, 0.15) is 0 Å². The van der Waals surface area contributed by atoms with Gasteiger partial charge in [-0.05, 0) is 50.6 Å². The number of nitrogens with one attached hydrogen (secondary N) is 1. The molecule has 0 bridgehead atoms. The Labute approximate surface area is 148 Å². The highest BCUT2D eigenvalue weighted by Crippen LogP contribution is 2.33. The fourth-order valence-corrected chi connectivity index (χ4v) is 2.46. The van der Waals surface area contributed by atoms with E-state index < -0.39 is 5.41 Å². The highest BCUT2D eigenvalue weighted by Gasteiger charge is 2.31. The van der Waals surface area contributed by atoms with Gasteiger partial charge < -0.3 is 14.8 Å². The van der Waals surface area contributed by atoms with E-state index in [-0.39, 0.29) is 11.7 Å². The number of anilines is 1. The van der Waals surface area contributed by atoms with E-state index in [0.717, 1.165) is 5.56 Å². The smallest absolute Gasteiger partial charge is 0.234 e. The van der Waals surface area contributed by atoms with Crippen LogP contribution in [0.15, 0.2) is 42.5 Å². The normalized spacial score (nSPS) is 10.9. The van der Waals surface area contributed by atoms with Crippen molar-refractivity contribution in [3.05, 3.63) is 53.6 Å². The number of methoxy groups -OCH3 is 2. The molecule has 0 fully saturated rings. The van der Waals surface area contributed by atoms with Gasteiger partial charge in [0, 0.05) is 11.3 Å². The predicted octanol–water partition coefficient (Wildman–Crippen LogP) is 3.82. The molecule has 5 heteroatoms. The van der Waals surface area contributed by atoms with Crippen LogP contribution in [0.3, 0.4) is 0 Å². The summed E-state index contributed by atoms with van der Waals surface area (Å²) in [6.45, 7) is 5.16. The number of amides is 1. The van der Waals surface area contributed by atoms with Crippen molar-refractivity contribution >= 4 is 17.4 Å². The Kier molecular flexibility index (Phi) is 5.47. The lowest BCUT2D eigenvalue weighted by Gasteiger charge is -2.25. The predicted molar refractivity (Wildman–Crippen MR) is 97.6 cm³/mol. The fraction of sp³-hybridized carbons (Fsp3) is 0.300. The van der Waals surface area contributed by atoms with Gasteiger partial charge in [-0.3, -0.25) is 9.59 Å². The SMILES string of the molecule is COc1ccc(C(C)(C)C(=O)Nc2cccc(C(C)=O)c2)cc1OC. The molecule has 2 aromatic rings. The molecule has 25 heavy (non-hydrogen) atoms. The average Bonchev–Trinajstić information content (AvgIpc) is 2.61. The molecule has 2 aromatic carbocycles. The largest absolute Gasteiger partial charge is 0.493 e. The molecule has 5 nitrogen and oxygen atoms in total. The van der Waals surface area contributed by atoms with Gasteiger partial charge in [-0.15, -0.1) is 0 Å². The topological polar surface area (TPSA) is 64.6 Å². The van der Waals surface area contributed by atoms with Crippen molar-refractivity contribution in [2.45, 2.75) is 26.2 Å². The van der Waals surface area contributed by atoms with Gasteiger partial charge in [-0.2, -0.15) is 0 Å². The van der Waals surface area contributed by atoms with Gasteiger partial charge in [-0.25, -0.2) is 0 Å². The Morgan fingerprint density at radius 3 is 2.24 bits per heavy atom. The molecule has 0 atom stereocenters. The number of Topliss-reactive ketones (excluding diaryl/α,β-unsaturated/α-hetero) is 1. The lowest BCUT2D eigenvalue weighted by atomic mass is 9.83. The first-order valence-electron chi connectivity index (χ1n) is 7.94. The third kappa shape index (κ3) is 3.99. The Balaban J connectivity index is 2.28. The molecule has 2 rings (SSSR count). The summed E-state index contributed by atoms with van der Waals surface area (Å²) in [7, 11) is 3.12. The second kappa shape index (κ2) is 7.38. The van der Waals surface area contributed by atoms with Crippen LogP contribution in [0.25, 0.3) is 0 Å². The molecule has 0 heterocycles. The van der Waals surface area contributed by atoms with E-state index >= 15 is 0 Å². The summed E-state index contributed by atoms with van der Waals surface area (Å²) in [4.78, 5) is 24.3. The molecule has 0 saturated carbocycles. The van der Waals surface area contributed by atoms with Crippen LogP contribution in [-0.4, -0.2) is 25.9 Å². The van der Waals surface area contributed by atoms with Gasteiger partial charge in [-0.1, -0.05) is 18.2 Å². The molecule has 0 aliphatic rings. The summed E-state index contributed by atoms with van der Waals surface area (Å²) >= 11 is 0. The number of hydrogen-bond acceptors (Lipinski definition) is 4. The molecule has 0 saturated heterocycles. The molecule has 0 aromatic heterocycles. The number of rotatable bonds is 6. The maximum Gasteiger partial charge on any atom is 0.234 e. The molecular weight excluding hydrogens is 318 g/mol. The standard InChI is InChI=1S/C20H23NO4/c1-13(22)14-7-6-8-16(11-14)21-19(23)20(2,3)15-9-10-17(24-4)18(12-15)25-5/h6-12H,1-5H3,(H,21,23). The molecule has 0 aliphatic heterocycles. The van der Waals surface area contributed by atoms with E-state index in [2.05, 4.69) is 5.32 Å². The molecule has 1 amide bonds. The molecule has 0 radical (unpaired) electrons. The van der Waals surface area contributed by atoms with Crippen molar-refractivity contribution in [1.29, 1.82) is 0 Å². The molecule has 132 valence electrons. The Bertz CT molecular complexity index is 796. The first-order valence-corrected chi connectivity index (χ1v) is 7.94. The highest BCUT2D eigenvalue weighted by molar-refractivity contribution is 6.00. The molecule has 1 N–H and O–H groups in total. The van der Waals surface area contributed by atoms with Gasteiger partial charge in [0.05, 0.1) is 19.6 Å². The van der Waals surface area contributed by atoms with Gasteiger partial charge in [0.25, 0.3) is 0 Å². The maximum atomic E-state index is 12.8. The van der Waals surface area contributed by atoms with E-state index in [4.69, 9.17) is 9.47 Å². The van der Waals surface area contributed by atoms with Crippen LogP contribution in [0.1, 0.15) is 36.7 Å². The van der Waals surface area contributed by atoms with Gasteiger partial charge in [0.2, 0.25) is 5.91 Å². The molecule has 0 spiro atoms. The van der Waals surface area contributed by atoms with Gasteiger partial charge >= 0.3 is 0 Å². The van der Waals surface area contributed by atoms with Crippen molar-refractivity contribution in [1.82, 2.24) is 0 Å². The average molecular weight is 341 g/mol. The van der Waals surface area contributed by atoms with Crippen molar-refractivity contribution in [3.63, 3.8) is 0 Å². The third-order valence-corrected chi connectivity index (χ3v) is 4.20. The first-order chi connectivity index (χ1) is 11.8. The van der Waals surface area contributed by atoms with Crippen LogP contribution in [0.5, 0.6) is 11.5 Å². The van der Waals surface area contributed by atoms with Crippen LogP contribution in [-0.2, 0) is 10.2 Å². The minimum atomic E-state index is -0.800. The van der Waals surface area contributed by atoms with E-state index in [1.807, 2.05) is 19.9 Å². The second-order valence-corrected chi connectivity index (χ2v) is 6.29. The van der Waals surface area contributed by atoms with Crippen LogP contribution in [0, 0.1) is 0 Å². The minimum Gasteiger partial charge on any atom is -0.493 e. The summed E-state index contributed by atoms with van der Waals surface area (Å²) in [6, 6.07) is 12.3. The highest BCUT2D eigenvalue weighted by atomic mass is 16.5. The van der Waals surface area contributed by atoms with E-state index in [0.29, 0.717) is 22.7 Å². The zero-order valence-electron chi connectivity index (χ0n) is 15.2. The zero-order valence-corrected chi connectivity index (χ0v) is 15.2. The summed E-state index contributed by atoms with van der Waals surface area (Å²) in [5, 5.41) is 2.88. The Morgan fingerprint density at radius 2 is 1.64 bits per heavy atom. The summed E-state index contributed by atoms with van der Waals surface area (Å²) in [5.41, 5.74) is 1.14. The Morgan fingerprint density at radius 1 is 0.960 bits per heavy atom. The van der Waals surface area contributed by atoms with E-state index in [9.17, 15) is 9.59 Å². The number of carbonyl (C=O) groups is 2. The maximum absolute atomic E-state index is 12.8. The van der Waals surface area contributed by atoms with E-state index in [1.54, 1.807) is 50.6 Å². The van der Waals surface area contributed by atoms with Crippen molar-refractivity contribution in [3.8, 4) is 11.5 Å². The number of benzene rings is 2. The summed E-state index contributed by atoms with van der Waals surface area (Å²) in [5.74, 6) is 0.951. The Hall–Kier alpha value is -2.82. The second-order valence-electron chi connectivity index (χ2n) is 6.29. The van der Waals surface area contributed by atoms with E-state index in [1.165, 1.54) is 6.92 Å². The quantitative estimate of drug-likeness (QED) is 0.811. The first kappa shape index (κ1) is 18.5. The minimum absolute atomic E-state index is 0.0461. The van der Waals surface area contributed by atoms with Crippen molar-refractivity contribution in [2.75, 3.05) is 19.5 Å². The number of carbonyl (C=O) groups excluding carboxylic acids is 2. The van der Waals surface area contributed by atoms with Crippen molar-refractivity contribution in [2.24, 2.45) is 0 Å². The number of ether oxygens (including phenoxy) is 2. The van der Waals surface area contributed by atoms with Crippen LogP contribution < -0.4 is 14.8 Å². The number of hydrogen-bond donors (Lipinski definition) is 1. The zero-order chi connectivity index (χ0) is 18.6. The summed E-state index contributed by atoms with van der Waals surface area (Å²) < 4.78 is 10.6. The van der Waals surface area contributed by atoms with Gasteiger partial charge in [0.15, 0.2) is 17.3 Å². The van der Waals surface area contributed by atoms with Crippen LogP contribution >= 0.6 is 0 Å². The van der Waals surface area contributed by atoms with Crippen LogP contribution in [0.2, 0.25) is 0 Å². The molecule has 0 unspecified atom stereocenters. The fourth-order valence-electron chi connectivity index (χ4n) is 2.46. The van der Waals surface area contributed by atoms with Crippen LogP contribution in [0.4, 0.5) is 5.69 Å². The monoisotopic (exact) mass is 341 g/mol. The number of ketones is 1. The molecular formula is C20H23NO4. The van der Waals surface area contributed by atoms with Crippen molar-refractivity contribution < 1.29 is 19.1 Å².